The van der Waals surface area contributed by atoms with Crippen LogP contribution in [0.3, 0.4) is 0 Å². The molecule has 0 spiro atoms. The van der Waals surface area contributed by atoms with Crippen LogP contribution in [0.25, 0.3) is 0 Å². The van der Waals surface area contributed by atoms with Crippen LogP contribution in [0, 0.1) is 0 Å². The molecule has 4 nitrogen and oxygen atoms in total. The lowest BCUT2D eigenvalue weighted by molar-refractivity contribution is 0.102. The summed E-state index contributed by atoms with van der Waals surface area (Å²) in [6.45, 7) is 0. The molecule has 0 radical (unpaired) electrons. The molecule has 0 saturated carbocycles. The number of nitrogens with one attached hydrogen (secondary N) is 1. The second-order valence-corrected chi connectivity index (χ2v) is 3.95. The molecule has 1 aromatic carbocycles. The van der Waals surface area contributed by atoms with E-state index in [9.17, 15) is 4.79 Å². The zero-order valence-corrected chi connectivity index (χ0v) is 10.0. The van der Waals surface area contributed by atoms with Crippen molar-refractivity contribution in [3.8, 4) is 0 Å². The minimum Gasteiger partial charge on any atom is -0.321 e. The highest BCUT2D eigenvalue weighted by Crippen LogP contribution is 2.15. The van der Waals surface area contributed by atoms with Crippen LogP contribution in [0.15, 0.2) is 36.7 Å². The third-order valence-corrected chi connectivity index (χ3v) is 2.50. The Hall–Kier alpha value is -1.65. The number of hydrogen-bond donors (Lipinski definition) is 1. The third-order valence-electron chi connectivity index (χ3n) is 1.97. The Morgan fingerprint density at radius 1 is 1.06 bits per heavy atom. The maximum absolute atomic E-state index is 11.8. The van der Waals surface area contributed by atoms with Gasteiger partial charge < -0.3 is 5.32 Å². The number of benzene rings is 1. The predicted molar refractivity (Wildman–Crippen MR) is 66.4 cm³/mol. The molecule has 86 valence electrons. The second kappa shape index (κ2) is 5.12. The fraction of sp³-hybridized carbons (Fsp3) is 0. The second-order valence-electron chi connectivity index (χ2n) is 3.16. The number of anilines is 1. The number of hydrogen-bond acceptors (Lipinski definition) is 3. The lowest BCUT2D eigenvalue weighted by atomic mass is 10.3. The number of aromatic nitrogens is 2. The first kappa shape index (κ1) is 11.8. The first-order valence-corrected chi connectivity index (χ1v) is 5.46. The first-order valence-electron chi connectivity index (χ1n) is 4.70. The van der Waals surface area contributed by atoms with Gasteiger partial charge in [-0.15, -0.1) is 0 Å². The van der Waals surface area contributed by atoms with Gasteiger partial charge in [0.25, 0.3) is 5.91 Å². The van der Waals surface area contributed by atoms with Crippen molar-refractivity contribution in [2.75, 3.05) is 5.32 Å². The number of amides is 1. The predicted octanol–water partition coefficient (Wildman–Crippen LogP) is 3.04. The summed E-state index contributed by atoms with van der Waals surface area (Å²) in [5.41, 5.74) is 0.699. The third kappa shape index (κ3) is 2.93. The summed E-state index contributed by atoms with van der Waals surface area (Å²) in [6.07, 6.45) is 2.82. The topological polar surface area (TPSA) is 54.9 Å². The van der Waals surface area contributed by atoms with Crippen LogP contribution in [0.5, 0.6) is 0 Å². The Balaban J connectivity index is 2.17. The Bertz CT molecular complexity index is 543. The summed E-state index contributed by atoms with van der Waals surface area (Å²) in [7, 11) is 0. The van der Waals surface area contributed by atoms with Crippen LogP contribution in [0.2, 0.25) is 10.2 Å². The molecule has 0 fully saturated rings. The number of nitrogens with zero attached hydrogens (tertiary/aromatic N) is 2. The molecule has 1 N–H and O–H groups in total. The Kier molecular flexibility index (Phi) is 3.56. The summed E-state index contributed by atoms with van der Waals surface area (Å²) in [6, 6.07) is 6.72. The van der Waals surface area contributed by atoms with E-state index in [2.05, 4.69) is 15.3 Å². The van der Waals surface area contributed by atoms with Crippen molar-refractivity contribution in [1.29, 1.82) is 0 Å². The van der Waals surface area contributed by atoms with E-state index in [4.69, 9.17) is 23.2 Å². The summed E-state index contributed by atoms with van der Waals surface area (Å²) in [5, 5.41) is 3.31. The van der Waals surface area contributed by atoms with E-state index in [-0.39, 0.29) is 10.8 Å². The van der Waals surface area contributed by atoms with Crippen molar-refractivity contribution in [1.82, 2.24) is 9.97 Å². The molecule has 0 aliphatic rings. The SMILES string of the molecule is O=C(Nc1ccc(Cl)cc1)c1nccnc1Cl. The molecule has 2 aromatic rings. The summed E-state index contributed by atoms with van der Waals surface area (Å²) < 4.78 is 0. The van der Waals surface area contributed by atoms with Crippen LogP contribution in [0.1, 0.15) is 10.5 Å². The number of carbonyl (C=O) groups excluding carboxylic acids is 1. The zero-order chi connectivity index (χ0) is 12.3. The van der Waals surface area contributed by atoms with Crippen molar-refractivity contribution in [2.45, 2.75) is 0 Å². The maximum atomic E-state index is 11.8. The van der Waals surface area contributed by atoms with Gasteiger partial charge in [-0.1, -0.05) is 23.2 Å². The Labute approximate surface area is 108 Å². The van der Waals surface area contributed by atoms with E-state index in [1.165, 1.54) is 12.4 Å². The standard InChI is InChI=1S/C11H7Cl2N3O/c12-7-1-3-8(4-2-7)16-11(17)9-10(13)15-6-5-14-9/h1-6H,(H,16,17). The Morgan fingerprint density at radius 3 is 2.35 bits per heavy atom. The van der Waals surface area contributed by atoms with Gasteiger partial charge in [0, 0.05) is 23.1 Å². The highest BCUT2D eigenvalue weighted by atomic mass is 35.5. The quantitative estimate of drug-likeness (QED) is 0.910. The molecule has 0 atom stereocenters. The normalized spacial score (nSPS) is 10.0. The van der Waals surface area contributed by atoms with E-state index in [0.29, 0.717) is 10.7 Å². The molecular weight excluding hydrogens is 261 g/mol. The molecule has 6 heteroatoms. The van der Waals surface area contributed by atoms with E-state index < -0.39 is 5.91 Å². The molecule has 0 aliphatic heterocycles. The highest BCUT2D eigenvalue weighted by Gasteiger charge is 2.12. The first-order chi connectivity index (χ1) is 8.16. The monoisotopic (exact) mass is 267 g/mol. The molecule has 2 rings (SSSR count). The summed E-state index contributed by atoms with van der Waals surface area (Å²) >= 11 is 11.5. The molecule has 17 heavy (non-hydrogen) atoms. The number of carbonyl (C=O) groups is 1. The van der Waals surface area contributed by atoms with Gasteiger partial charge in [0.2, 0.25) is 0 Å². The van der Waals surface area contributed by atoms with E-state index in [1.54, 1.807) is 24.3 Å². The average Bonchev–Trinajstić information content (AvgIpc) is 2.32. The van der Waals surface area contributed by atoms with Crippen LogP contribution in [0.4, 0.5) is 5.69 Å². The fourth-order valence-electron chi connectivity index (χ4n) is 1.20. The fourth-order valence-corrected chi connectivity index (χ4v) is 1.51. The van der Waals surface area contributed by atoms with E-state index in [0.717, 1.165) is 0 Å². The highest BCUT2D eigenvalue weighted by molar-refractivity contribution is 6.33. The number of halogens is 2. The van der Waals surface area contributed by atoms with E-state index in [1.807, 2.05) is 0 Å². The van der Waals surface area contributed by atoms with Crippen molar-refractivity contribution >= 4 is 34.8 Å². The van der Waals surface area contributed by atoms with Gasteiger partial charge in [-0.05, 0) is 24.3 Å². The Morgan fingerprint density at radius 2 is 1.71 bits per heavy atom. The van der Waals surface area contributed by atoms with Gasteiger partial charge in [0.15, 0.2) is 10.8 Å². The van der Waals surface area contributed by atoms with Crippen LogP contribution in [-0.2, 0) is 0 Å². The van der Waals surface area contributed by atoms with Crippen molar-refractivity contribution in [2.24, 2.45) is 0 Å². The lowest BCUT2D eigenvalue weighted by Gasteiger charge is -2.05. The smallest absolute Gasteiger partial charge is 0.277 e. The molecule has 0 unspecified atom stereocenters. The molecule has 0 aliphatic carbocycles. The lowest BCUT2D eigenvalue weighted by Crippen LogP contribution is -2.14. The van der Waals surface area contributed by atoms with Gasteiger partial charge in [-0.3, -0.25) is 4.79 Å². The minimum absolute atomic E-state index is 0.0685. The van der Waals surface area contributed by atoms with Crippen LogP contribution >= 0.6 is 23.2 Å². The van der Waals surface area contributed by atoms with Crippen molar-refractivity contribution in [3.05, 3.63) is 52.5 Å². The molecule has 1 aromatic heterocycles. The molecule has 1 heterocycles. The molecule has 1 amide bonds. The van der Waals surface area contributed by atoms with Crippen molar-refractivity contribution < 1.29 is 4.79 Å². The van der Waals surface area contributed by atoms with Gasteiger partial charge in [-0.2, -0.15) is 0 Å². The summed E-state index contributed by atoms with van der Waals surface area (Å²) in [4.78, 5) is 19.4. The van der Waals surface area contributed by atoms with Gasteiger partial charge in [0.05, 0.1) is 0 Å². The average molecular weight is 268 g/mol. The molecule has 0 saturated heterocycles. The maximum Gasteiger partial charge on any atom is 0.277 e. The van der Waals surface area contributed by atoms with E-state index >= 15 is 0 Å². The van der Waals surface area contributed by atoms with Crippen molar-refractivity contribution in [3.63, 3.8) is 0 Å². The zero-order valence-electron chi connectivity index (χ0n) is 8.52. The number of rotatable bonds is 2. The van der Waals surface area contributed by atoms with Crippen LogP contribution < -0.4 is 5.32 Å². The van der Waals surface area contributed by atoms with Crippen LogP contribution in [-0.4, -0.2) is 15.9 Å². The minimum atomic E-state index is -0.412. The van der Waals surface area contributed by atoms with Gasteiger partial charge in [-0.25, -0.2) is 9.97 Å². The summed E-state index contributed by atoms with van der Waals surface area (Å²) in [5.74, 6) is -0.412. The molecule has 0 bridgehead atoms. The molecular formula is C11H7Cl2N3O. The van der Waals surface area contributed by atoms with Gasteiger partial charge in [0.1, 0.15) is 0 Å². The van der Waals surface area contributed by atoms with Gasteiger partial charge >= 0.3 is 0 Å². The largest absolute Gasteiger partial charge is 0.321 e.